The lowest BCUT2D eigenvalue weighted by atomic mass is 10.1. The van der Waals surface area contributed by atoms with E-state index in [9.17, 15) is 4.79 Å². The molecule has 0 N–H and O–H groups in total. The standard InChI is InChI=1S/C11H16ClN3O3/c1-2-18-11(16)10-9(5-12)15(14-13-10)6-8-3-4-17-7-8/h8H,2-7H2,1H3. The number of ether oxygens (including phenoxy) is 2. The molecule has 1 aliphatic heterocycles. The summed E-state index contributed by atoms with van der Waals surface area (Å²) in [6.07, 6.45) is 0.996. The number of carbonyl (C=O) groups is 1. The van der Waals surface area contributed by atoms with Crippen LogP contribution in [0.25, 0.3) is 0 Å². The van der Waals surface area contributed by atoms with Crippen molar-refractivity contribution in [2.24, 2.45) is 5.92 Å². The molecule has 18 heavy (non-hydrogen) atoms. The van der Waals surface area contributed by atoms with Gasteiger partial charge in [-0.05, 0) is 13.3 Å². The zero-order valence-electron chi connectivity index (χ0n) is 10.3. The molecule has 0 aliphatic carbocycles. The molecule has 2 rings (SSSR count). The molecule has 1 aromatic rings. The summed E-state index contributed by atoms with van der Waals surface area (Å²) in [7, 11) is 0. The van der Waals surface area contributed by atoms with Crippen LogP contribution in [0.2, 0.25) is 0 Å². The predicted molar refractivity (Wildman–Crippen MR) is 64.5 cm³/mol. The van der Waals surface area contributed by atoms with Gasteiger partial charge in [-0.25, -0.2) is 9.48 Å². The van der Waals surface area contributed by atoms with Crippen LogP contribution in [-0.4, -0.2) is 40.8 Å². The largest absolute Gasteiger partial charge is 0.461 e. The second kappa shape index (κ2) is 6.15. The first-order chi connectivity index (χ1) is 8.76. The Bertz CT molecular complexity index is 416. The molecule has 0 saturated carbocycles. The quantitative estimate of drug-likeness (QED) is 0.596. The molecule has 7 heteroatoms. The van der Waals surface area contributed by atoms with Crippen LogP contribution in [0.4, 0.5) is 0 Å². The molecule has 1 aromatic heterocycles. The van der Waals surface area contributed by atoms with Crippen LogP contribution >= 0.6 is 11.6 Å². The lowest BCUT2D eigenvalue weighted by Crippen LogP contribution is -2.15. The van der Waals surface area contributed by atoms with Crippen LogP contribution < -0.4 is 0 Å². The highest BCUT2D eigenvalue weighted by Gasteiger charge is 2.23. The molecule has 1 fully saturated rings. The molecule has 0 aromatic carbocycles. The van der Waals surface area contributed by atoms with Gasteiger partial charge in [0.1, 0.15) is 0 Å². The Morgan fingerprint density at radius 1 is 1.67 bits per heavy atom. The number of hydrogen-bond acceptors (Lipinski definition) is 5. The van der Waals surface area contributed by atoms with Gasteiger partial charge >= 0.3 is 5.97 Å². The van der Waals surface area contributed by atoms with E-state index in [-0.39, 0.29) is 11.6 Å². The Morgan fingerprint density at radius 2 is 2.50 bits per heavy atom. The third-order valence-electron chi connectivity index (χ3n) is 2.89. The van der Waals surface area contributed by atoms with Crippen molar-refractivity contribution in [3.8, 4) is 0 Å². The molecule has 1 atom stereocenters. The van der Waals surface area contributed by atoms with Gasteiger partial charge in [-0.2, -0.15) is 0 Å². The van der Waals surface area contributed by atoms with E-state index >= 15 is 0 Å². The van der Waals surface area contributed by atoms with Crippen LogP contribution in [-0.2, 0) is 21.9 Å². The fraction of sp³-hybridized carbons (Fsp3) is 0.727. The number of rotatable bonds is 5. The summed E-state index contributed by atoms with van der Waals surface area (Å²) in [4.78, 5) is 11.7. The third-order valence-corrected chi connectivity index (χ3v) is 3.14. The van der Waals surface area contributed by atoms with Crippen molar-refractivity contribution in [2.45, 2.75) is 25.8 Å². The highest BCUT2D eigenvalue weighted by Crippen LogP contribution is 2.17. The minimum atomic E-state index is -0.470. The van der Waals surface area contributed by atoms with Gasteiger partial charge < -0.3 is 9.47 Å². The average molecular weight is 274 g/mol. The van der Waals surface area contributed by atoms with Crippen LogP contribution in [0, 0.1) is 5.92 Å². The number of carbonyl (C=O) groups excluding carboxylic acids is 1. The molecule has 0 spiro atoms. The van der Waals surface area contributed by atoms with Crippen LogP contribution in [0.3, 0.4) is 0 Å². The minimum absolute atomic E-state index is 0.189. The third kappa shape index (κ3) is 2.81. The summed E-state index contributed by atoms with van der Waals surface area (Å²) in [6.45, 7) is 4.23. The molecule has 100 valence electrons. The maximum atomic E-state index is 11.7. The number of halogens is 1. The summed E-state index contributed by atoms with van der Waals surface area (Å²) in [6, 6.07) is 0. The van der Waals surface area contributed by atoms with Crippen molar-refractivity contribution < 1.29 is 14.3 Å². The average Bonchev–Trinajstić information content (AvgIpc) is 2.99. The zero-order chi connectivity index (χ0) is 13.0. The Labute approximate surface area is 110 Å². The SMILES string of the molecule is CCOC(=O)c1nnn(CC2CCOC2)c1CCl. The highest BCUT2D eigenvalue weighted by molar-refractivity contribution is 6.17. The molecule has 1 saturated heterocycles. The molecule has 2 heterocycles. The summed E-state index contributed by atoms with van der Waals surface area (Å²) >= 11 is 5.87. The van der Waals surface area contributed by atoms with Gasteiger partial charge in [0, 0.05) is 19.1 Å². The zero-order valence-corrected chi connectivity index (χ0v) is 11.0. The topological polar surface area (TPSA) is 66.2 Å². The van der Waals surface area contributed by atoms with Gasteiger partial charge in [-0.1, -0.05) is 5.21 Å². The van der Waals surface area contributed by atoms with Gasteiger partial charge in [0.25, 0.3) is 0 Å². The second-order valence-corrected chi connectivity index (χ2v) is 4.42. The minimum Gasteiger partial charge on any atom is -0.461 e. The van der Waals surface area contributed by atoms with E-state index in [1.165, 1.54) is 0 Å². The summed E-state index contributed by atoms with van der Waals surface area (Å²) in [5, 5.41) is 7.84. The molecule has 0 amide bonds. The van der Waals surface area contributed by atoms with Crippen molar-refractivity contribution >= 4 is 17.6 Å². The second-order valence-electron chi connectivity index (χ2n) is 4.15. The summed E-state index contributed by atoms with van der Waals surface area (Å²) in [5.41, 5.74) is 0.827. The van der Waals surface area contributed by atoms with Crippen molar-refractivity contribution in [1.82, 2.24) is 15.0 Å². The predicted octanol–water partition coefficient (Wildman–Crippen LogP) is 1.23. The van der Waals surface area contributed by atoms with Crippen LogP contribution in [0.5, 0.6) is 0 Å². The fourth-order valence-electron chi connectivity index (χ4n) is 1.94. The lowest BCUT2D eigenvalue weighted by molar-refractivity contribution is 0.0518. The fourth-order valence-corrected chi connectivity index (χ4v) is 2.21. The summed E-state index contributed by atoms with van der Waals surface area (Å²) in [5.74, 6) is 0.125. The number of aromatic nitrogens is 3. The van der Waals surface area contributed by atoms with E-state index in [1.807, 2.05) is 0 Å². The first kappa shape index (κ1) is 13.3. The van der Waals surface area contributed by atoms with E-state index < -0.39 is 5.97 Å². The lowest BCUT2D eigenvalue weighted by Gasteiger charge is -2.09. The number of hydrogen-bond donors (Lipinski definition) is 0. The number of nitrogens with zero attached hydrogens (tertiary/aromatic N) is 3. The van der Waals surface area contributed by atoms with E-state index in [1.54, 1.807) is 11.6 Å². The molecule has 0 bridgehead atoms. The Balaban J connectivity index is 2.13. The van der Waals surface area contributed by atoms with E-state index in [0.29, 0.717) is 24.8 Å². The molecular formula is C11H16ClN3O3. The Kier molecular flexibility index (Phi) is 4.54. The van der Waals surface area contributed by atoms with Crippen LogP contribution in [0.1, 0.15) is 29.5 Å². The number of alkyl halides is 1. The number of esters is 1. The monoisotopic (exact) mass is 273 g/mol. The van der Waals surface area contributed by atoms with Gasteiger partial charge in [0.15, 0.2) is 5.69 Å². The van der Waals surface area contributed by atoms with Crippen LogP contribution in [0.15, 0.2) is 0 Å². The molecule has 1 aliphatic rings. The summed E-state index contributed by atoms with van der Waals surface area (Å²) < 4.78 is 11.9. The van der Waals surface area contributed by atoms with E-state index in [0.717, 1.165) is 19.6 Å². The molecular weight excluding hydrogens is 258 g/mol. The first-order valence-electron chi connectivity index (χ1n) is 5.99. The van der Waals surface area contributed by atoms with E-state index in [4.69, 9.17) is 21.1 Å². The maximum Gasteiger partial charge on any atom is 0.360 e. The van der Waals surface area contributed by atoms with Crippen molar-refractivity contribution in [1.29, 1.82) is 0 Å². The van der Waals surface area contributed by atoms with Crippen molar-refractivity contribution in [3.63, 3.8) is 0 Å². The normalized spacial score (nSPS) is 19.1. The highest BCUT2D eigenvalue weighted by atomic mass is 35.5. The van der Waals surface area contributed by atoms with Gasteiger partial charge in [0.05, 0.1) is 24.8 Å². The first-order valence-corrected chi connectivity index (χ1v) is 6.52. The Hall–Kier alpha value is -1.14. The van der Waals surface area contributed by atoms with Gasteiger partial charge in [-0.15, -0.1) is 16.7 Å². The smallest absolute Gasteiger partial charge is 0.360 e. The Morgan fingerprint density at radius 3 is 3.11 bits per heavy atom. The van der Waals surface area contributed by atoms with Crippen molar-refractivity contribution in [2.75, 3.05) is 19.8 Å². The molecule has 1 unspecified atom stereocenters. The van der Waals surface area contributed by atoms with Gasteiger partial charge in [-0.3, -0.25) is 0 Å². The van der Waals surface area contributed by atoms with Crippen molar-refractivity contribution in [3.05, 3.63) is 11.4 Å². The maximum absolute atomic E-state index is 11.7. The van der Waals surface area contributed by atoms with E-state index in [2.05, 4.69) is 10.3 Å². The molecule has 0 radical (unpaired) electrons. The van der Waals surface area contributed by atoms with Gasteiger partial charge in [0.2, 0.25) is 0 Å². The molecule has 6 nitrogen and oxygen atoms in total.